The lowest BCUT2D eigenvalue weighted by molar-refractivity contribution is -0.0581. The zero-order valence-corrected chi connectivity index (χ0v) is 11.7. The van der Waals surface area contributed by atoms with Crippen LogP contribution in [0.2, 0.25) is 0 Å². The molecule has 2 bridgehead atoms. The summed E-state index contributed by atoms with van der Waals surface area (Å²) in [5.41, 5.74) is 0. The molecule has 0 amide bonds. The normalized spacial score (nSPS) is 41.2. The summed E-state index contributed by atoms with van der Waals surface area (Å²) < 4.78 is 5.94. The third-order valence-corrected chi connectivity index (χ3v) is 4.97. The van der Waals surface area contributed by atoms with E-state index in [4.69, 9.17) is 4.74 Å². The van der Waals surface area contributed by atoms with Crippen molar-refractivity contribution in [2.24, 2.45) is 0 Å². The van der Waals surface area contributed by atoms with E-state index in [0.29, 0.717) is 12.2 Å². The molecule has 104 valence electrons. The van der Waals surface area contributed by atoms with Gasteiger partial charge in [0.2, 0.25) is 0 Å². The first kappa shape index (κ1) is 12.9. The molecule has 0 radical (unpaired) electrons. The van der Waals surface area contributed by atoms with E-state index in [1.54, 1.807) is 0 Å². The number of hydrogen-bond acceptors (Lipinski definition) is 3. The van der Waals surface area contributed by atoms with E-state index in [2.05, 4.69) is 17.1 Å². The Bertz CT molecular complexity index is 251. The highest BCUT2D eigenvalue weighted by molar-refractivity contribution is 4.90. The summed E-state index contributed by atoms with van der Waals surface area (Å²) in [6.07, 6.45) is 10.5. The van der Waals surface area contributed by atoms with Crippen molar-refractivity contribution in [2.45, 2.75) is 76.2 Å². The molecule has 3 rings (SSSR count). The van der Waals surface area contributed by atoms with Crippen LogP contribution in [0.3, 0.4) is 0 Å². The van der Waals surface area contributed by atoms with Crippen molar-refractivity contribution in [3.63, 3.8) is 0 Å². The van der Waals surface area contributed by atoms with Crippen LogP contribution in [0.15, 0.2) is 0 Å². The summed E-state index contributed by atoms with van der Waals surface area (Å²) >= 11 is 0. The minimum atomic E-state index is 0.555. The molecule has 3 nitrogen and oxygen atoms in total. The maximum Gasteiger partial charge on any atom is 0.0707 e. The van der Waals surface area contributed by atoms with Gasteiger partial charge in [0.25, 0.3) is 0 Å². The van der Waals surface area contributed by atoms with E-state index in [0.717, 1.165) is 12.1 Å². The summed E-state index contributed by atoms with van der Waals surface area (Å²) in [6.45, 7) is 5.85. The van der Waals surface area contributed by atoms with Crippen LogP contribution >= 0.6 is 0 Å². The molecule has 2 heterocycles. The van der Waals surface area contributed by atoms with E-state index in [1.165, 1.54) is 64.6 Å². The van der Waals surface area contributed by atoms with Crippen molar-refractivity contribution in [3.8, 4) is 0 Å². The molecule has 2 unspecified atom stereocenters. The topological polar surface area (TPSA) is 24.5 Å². The third kappa shape index (κ3) is 2.89. The summed E-state index contributed by atoms with van der Waals surface area (Å²) in [7, 11) is 0. The number of fused-ring (bicyclic) bond motifs is 2. The summed E-state index contributed by atoms with van der Waals surface area (Å²) in [6, 6.07) is 1.63. The molecule has 2 atom stereocenters. The van der Waals surface area contributed by atoms with Crippen molar-refractivity contribution < 1.29 is 4.74 Å². The van der Waals surface area contributed by atoms with E-state index < -0.39 is 0 Å². The van der Waals surface area contributed by atoms with Crippen molar-refractivity contribution >= 4 is 0 Å². The molecule has 0 aromatic carbocycles. The van der Waals surface area contributed by atoms with Crippen LogP contribution < -0.4 is 5.32 Å². The third-order valence-electron chi connectivity index (χ3n) is 4.97. The highest BCUT2D eigenvalue weighted by atomic mass is 16.5. The van der Waals surface area contributed by atoms with Crippen LogP contribution in [0.1, 0.15) is 51.9 Å². The first-order valence-corrected chi connectivity index (χ1v) is 7.98. The number of ether oxygens (including phenoxy) is 1. The average Bonchev–Trinajstić information content (AvgIpc) is 2.76. The van der Waals surface area contributed by atoms with Gasteiger partial charge in [-0.3, -0.25) is 4.90 Å². The predicted molar refractivity (Wildman–Crippen MR) is 73.8 cm³/mol. The largest absolute Gasteiger partial charge is 0.372 e. The van der Waals surface area contributed by atoms with Crippen LogP contribution in [-0.2, 0) is 4.74 Å². The summed E-state index contributed by atoms with van der Waals surface area (Å²) in [5.74, 6) is 0. The molecule has 3 fully saturated rings. The maximum absolute atomic E-state index is 5.94. The standard InChI is InChI=1S/C15H28N2O/c1-2-9-16-12-3-5-13(6-4-12)17-10-14-7-8-15(11-17)18-14/h12-16H,2-11H2,1H3. The van der Waals surface area contributed by atoms with Crippen LogP contribution in [0.5, 0.6) is 0 Å². The number of nitrogens with one attached hydrogen (secondary N) is 1. The van der Waals surface area contributed by atoms with E-state index in [9.17, 15) is 0 Å². The molecule has 1 saturated carbocycles. The molecular formula is C15H28N2O. The number of hydrogen-bond donors (Lipinski definition) is 1. The molecule has 3 heteroatoms. The molecule has 0 spiro atoms. The van der Waals surface area contributed by atoms with Crippen LogP contribution in [-0.4, -0.2) is 48.8 Å². The van der Waals surface area contributed by atoms with Gasteiger partial charge >= 0.3 is 0 Å². The van der Waals surface area contributed by atoms with Gasteiger partial charge < -0.3 is 10.1 Å². The highest BCUT2D eigenvalue weighted by Crippen LogP contribution is 2.31. The Balaban J connectivity index is 1.45. The Labute approximate surface area is 111 Å². The zero-order chi connectivity index (χ0) is 12.4. The first-order valence-electron chi connectivity index (χ1n) is 7.98. The molecule has 2 saturated heterocycles. The minimum Gasteiger partial charge on any atom is -0.372 e. The number of likely N-dealkylation sites (tertiary alicyclic amines) is 1. The Morgan fingerprint density at radius 1 is 1.00 bits per heavy atom. The van der Waals surface area contributed by atoms with Crippen LogP contribution in [0.4, 0.5) is 0 Å². The number of nitrogens with zero attached hydrogens (tertiary/aromatic N) is 1. The Morgan fingerprint density at radius 3 is 2.28 bits per heavy atom. The summed E-state index contributed by atoms with van der Waals surface area (Å²) in [5, 5.41) is 3.68. The Kier molecular flexibility index (Phi) is 4.22. The summed E-state index contributed by atoms with van der Waals surface area (Å²) in [4.78, 5) is 2.74. The number of rotatable bonds is 4. The molecule has 0 aromatic rings. The molecule has 18 heavy (non-hydrogen) atoms. The fourth-order valence-corrected chi connectivity index (χ4v) is 3.94. The quantitative estimate of drug-likeness (QED) is 0.830. The second kappa shape index (κ2) is 5.89. The molecular weight excluding hydrogens is 224 g/mol. The van der Waals surface area contributed by atoms with Gasteiger partial charge in [0.1, 0.15) is 0 Å². The zero-order valence-electron chi connectivity index (χ0n) is 11.7. The maximum atomic E-state index is 5.94. The molecule has 1 N–H and O–H groups in total. The molecule has 3 aliphatic rings. The van der Waals surface area contributed by atoms with Crippen molar-refractivity contribution in [2.75, 3.05) is 19.6 Å². The van der Waals surface area contributed by atoms with Gasteiger partial charge in [-0.1, -0.05) is 6.92 Å². The molecule has 2 aliphatic heterocycles. The van der Waals surface area contributed by atoms with Crippen LogP contribution in [0.25, 0.3) is 0 Å². The van der Waals surface area contributed by atoms with Crippen molar-refractivity contribution in [1.82, 2.24) is 10.2 Å². The smallest absolute Gasteiger partial charge is 0.0707 e. The highest BCUT2D eigenvalue weighted by Gasteiger charge is 2.37. The van der Waals surface area contributed by atoms with Gasteiger partial charge in [-0.05, 0) is 51.5 Å². The average molecular weight is 252 g/mol. The van der Waals surface area contributed by atoms with Crippen LogP contribution in [0, 0.1) is 0 Å². The predicted octanol–water partition coefficient (Wildman–Crippen LogP) is 2.16. The SMILES string of the molecule is CCCNC1CCC(N2CC3CCC(C2)O3)CC1. The monoisotopic (exact) mass is 252 g/mol. The van der Waals surface area contributed by atoms with Crippen molar-refractivity contribution in [3.05, 3.63) is 0 Å². The van der Waals surface area contributed by atoms with Gasteiger partial charge in [-0.2, -0.15) is 0 Å². The lowest BCUT2D eigenvalue weighted by Crippen LogP contribution is -2.50. The molecule has 0 aromatic heterocycles. The number of morpholine rings is 1. The van der Waals surface area contributed by atoms with E-state index >= 15 is 0 Å². The van der Waals surface area contributed by atoms with Gasteiger partial charge in [0.05, 0.1) is 12.2 Å². The lowest BCUT2D eigenvalue weighted by atomic mass is 9.89. The van der Waals surface area contributed by atoms with Crippen molar-refractivity contribution in [1.29, 1.82) is 0 Å². The second-order valence-corrected chi connectivity index (χ2v) is 6.37. The van der Waals surface area contributed by atoms with Gasteiger partial charge in [0, 0.05) is 25.2 Å². The van der Waals surface area contributed by atoms with Gasteiger partial charge in [0.15, 0.2) is 0 Å². The van der Waals surface area contributed by atoms with Gasteiger partial charge in [-0.15, -0.1) is 0 Å². The Morgan fingerprint density at radius 2 is 1.67 bits per heavy atom. The Hall–Kier alpha value is -0.120. The minimum absolute atomic E-state index is 0.555. The fraction of sp³-hybridized carbons (Fsp3) is 1.00. The molecule has 1 aliphatic carbocycles. The lowest BCUT2D eigenvalue weighted by Gasteiger charge is -2.41. The van der Waals surface area contributed by atoms with Gasteiger partial charge in [-0.25, -0.2) is 0 Å². The first-order chi connectivity index (χ1) is 8.85. The fourth-order valence-electron chi connectivity index (χ4n) is 3.94. The van der Waals surface area contributed by atoms with E-state index in [1.807, 2.05) is 0 Å². The second-order valence-electron chi connectivity index (χ2n) is 6.37. The van der Waals surface area contributed by atoms with E-state index in [-0.39, 0.29) is 0 Å².